The van der Waals surface area contributed by atoms with E-state index in [1.165, 1.54) is 22.3 Å². The van der Waals surface area contributed by atoms with E-state index in [-0.39, 0.29) is 44.5 Å². The third-order valence-corrected chi connectivity index (χ3v) is 12.2. The predicted molar refractivity (Wildman–Crippen MR) is 201 cm³/mol. The van der Waals surface area contributed by atoms with E-state index < -0.39 is 42.2 Å². The van der Waals surface area contributed by atoms with Crippen LogP contribution in [-0.2, 0) is 4.74 Å². The molecule has 0 amide bonds. The van der Waals surface area contributed by atoms with Crippen molar-refractivity contribution in [2.24, 2.45) is 54.7 Å². The monoisotopic (exact) mass is 657 g/mol. The van der Waals surface area contributed by atoms with Crippen molar-refractivity contribution < 1.29 is 20.1 Å². The molecule has 0 heterocycles. The van der Waals surface area contributed by atoms with Gasteiger partial charge in [0.15, 0.2) is 0 Å². The summed E-state index contributed by atoms with van der Waals surface area (Å²) < 4.78 is 7.79. The average molecular weight is 657 g/mol. The first-order chi connectivity index (χ1) is 20.7. The Morgan fingerprint density at radius 3 is 1.19 bits per heavy atom. The van der Waals surface area contributed by atoms with E-state index in [1.807, 2.05) is 0 Å². The second-order valence-corrected chi connectivity index (χ2v) is 21.7. The van der Waals surface area contributed by atoms with Crippen molar-refractivity contribution in [3.05, 3.63) is 46.6 Å². The number of hydrogen-bond acceptors (Lipinski definition) is 4. The van der Waals surface area contributed by atoms with Gasteiger partial charge in [0.25, 0.3) is 0 Å². The molecule has 0 spiro atoms. The molecule has 0 radical (unpaired) electrons. The lowest BCUT2D eigenvalue weighted by molar-refractivity contribution is -0.195. The highest BCUT2D eigenvalue weighted by molar-refractivity contribution is 5.44. The van der Waals surface area contributed by atoms with Gasteiger partial charge in [0.2, 0.25) is 0 Å². The molecule has 0 aliphatic heterocycles. The van der Waals surface area contributed by atoms with Crippen LogP contribution >= 0.6 is 0 Å². The average Bonchev–Trinajstić information content (AvgIpc) is 2.86. The standard InChI is InChI=1S/C43H76O4/c1-35(2,3)28-21-30(37(7,8)9)32(41(19,23-28)39(13,14)15)34(43(25-44,26-45)27-46)47-33-31(38(10,11)12)22-29(36(4,5)6)24-42(33,20)40(16,17)18/h21-24,32-34,44-46H,25-27H2,1-20H3. The largest absolute Gasteiger partial charge is 0.396 e. The highest BCUT2D eigenvalue weighted by atomic mass is 16.5. The van der Waals surface area contributed by atoms with Crippen LogP contribution in [0.2, 0.25) is 0 Å². The van der Waals surface area contributed by atoms with Crippen LogP contribution in [0.1, 0.15) is 138 Å². The van der Waals surface area contributed by atoms with Crippen LogP contribution < -0.4 is 0 Å². The van der Waals surface area contributed by atoms with Crippen molar-refractivity contribution in [1.29, 1.82) is 0 Å². The molecule has 4 heteroatoms. The number of hydrogen-bond donors (Lipinski definition) is 3. The van der Waals surface area contributed by atoms with Crippen LogP contribution in [0, 0.1) is 54.7 Å². The maximum atomic E-state index is 11.3. The van der Waals surface area contributed by atoms with Crippen molar-refractivity contribution in [3.8, 4) is 0 Å². The second kappa shape index (κ2) is 12.8. The Labute approximate surface area is 291 Å². The van der Waals surface area contributed by atoms with Crippen LogP contribution in [0.5, 0.6) is 0 Å². The van der Waals surface area contributed by atoms with Gasteiger partial charge in [-0.2, -0.15) is 0 Å². The van der Waals surface area contributed by atoms with E-state index in [9.17, 15) is 15.3 Å². The summed E-state index contributed by atoms with van der Waals surface area (Å²) in [7, 11) is 0. The summed E-state index contributed by atoms with van der Waals surface area (Å²) in [5.41, 5.74) is 1.75. The Kier molecular flexibility index (Phi) is 11.5. The molecule has 3 N–H and O–H groups in total. The van der Waals surface area contributed by atoms with E-state index in [1.54, 1.807) is 0 Å². The van der Waals surface area contributed by atoms with Gasteiger partial charge < -0.3 is 20.1 Å². The maximum Gasteiger partial charge on any atom is 0.0890 e. The Morgan fingerprint density at radius 2 is 0.894 bits per heavy atom. The zero-order chi connectivity index (χ0) is 37.2. The number of allylic oxidation sites excluding steroid dienone is 5. The summed E-state index contributed by atoms with van der Waals surface area (Å²) >= 11 is 0. The first-order valence-corrected chi connectivity index (χ1v) is 18.1. The van der Waals surface area contributed by atoms with Gasteiger partial charge >= 0.3 is 0 Å². The normalized spacial score (nSPS) is 28.0. The lowest BCUT2D eigenvalue weighted by Crippen LogP contribution is -2.61. The quantitative estimate of drug-likeness (QED) is 0.255. The highest BCUT2D eigenvalue weighted by Gasteiger charge is 2.60. The summed E-state index contributed by atoms with van der Waals surface area (Å²) in [5.74, 6) is -0.251. The molecule has 4 nitrogen and oxygen atoms in total. The molecule has 2 rings (SSSR count). The predicted octanol–water partition coefficient (Wildman–Crippen LogP) is 10.3. The molecular weight excluding hydrogens is 580 g/mol. The molecule has 0 aromatic rings. The summed E-state index contributed by atoms with van der Waals surface area (Å²) in [6, 6.07) is 0. The number of ether oxygens (including phenoxy) is 1. The number of aliphatic hydroxyl groups is 3. The molecule has 0 saturated heterocycles. The summed E-state index contributed by atoms with van der Waals surface area (Å²) in [6.45, 7) is 44.4. The smallest absolute Gasteiger partial charge is 0.0890 e. The molecule has 5 atom stereocenters. The van der Waals surface area contributed by atoms with E-state index in [0.717, 1.165) is 0 Å². The van der Waals surface area contributed by atoms with Crippen molar-refractivity contribution in [2.75, 3.05) is 19.8 Å². The van der Waals surface area contributed by atoms with Crippen molar-refractivity contribution in [3.63, 3.8) is 0 Å². The van der Waals surface area contributed by atoms with Crippen molar-refractivity contribution in [1.82, 2.24) is 0 Å². The van der Waals surface area contributed by atoms with Crippen LogP contribution in [-0.4, -0.2) is 47.3 Å². The number of rotatable bonds is 7. The molecule has 0 bridgehead atoms. The van der Waals surface area contributed by atoms with Crippen LogP contribution in [0.25, 0.3) is 0 Å². The Hall–Kier alpha value is -1.20. The van der Waals surface area contributed by atoms with Crippen LogP contribution in [0.4, 0.5) is 0 Å². The third kappa shape index (κ3) is 7.92. The molecule has 272 valence electrons. The molecule has 0 aromatic carbocycles. The third-order valence-electron chi connectivity index (χ3n) is 12.2. The van der Waals surface area contributed by atoms with Crippen LogP contribution in [0.15, 0.2) is 46.6 Å². The minimum absolute atomic E-state index is 0.0666. The van der Waals surface area contributed by atoms with Gasteiger partial charge in [-0.3, -0.25) is 0 Å². The topological polar surface area (TPSA) is 69.9 Å². The molecule has 0 aromatic heterocycles. The lowest BCUT2D eigenvalue weighted by atomic mass is 9.49. The van der Waals surface area contributed by atoms with E-state index in [4.69, 9.17) is 4.74 Å². The Balaban J connectivity index is 3.20. The van der Waals surface area contributed by atoms with Crippen LogP contribution in [0.3, 0.4) is 0 Å². The molecule has 2 aliphatic rings. The lowest BCUT2D eigenvalue weighted by Gasteiger charge is -2.59. The summed E-state index contributed by atoms with van der Waals surface area (Å²) in [4.78, 5) is 0. The van der Waals surface area contributed by atoms with Gasteiger partial charge in [0, 0.05) is 11.3 Å². The van der Waals surface area contributed by atoms with Gasteiger partial charge in [0.05, 0.1) is 37.4 Å². The molecule has 0 saturated carbocycles. The molecule has 47 heavy (non-hydrogen) atoms. The van der Waals surface area contributed by atoms with Gasteiger partial charge in [-0.15, -0.1) is 0 Å². The Bertz CT molecular complexity index is 1240. The fourth-order valence-corrected chi connectivity index (χ4v) is 7.33. The zero-order valence-corrected chi connectivity index (χ0v) is 34.4. The minimum Gasteiger partial charge on any atom is -0.396 e. The zero-order valence-electron chi connectivity index (χ0n) is 34.4. The highest BCUT2D eigenvalue weighted by Crippen LogP contribution is 2.62. The number of aliphatic hydroxyl groups excluding tert-OH is 3. The van der Waals surface area contributed by atoms with Gasteiger partial charge in [-0.05, 0) is 54.6 Å². The van der Waals surface area contributed by atoms with E-state index in [2.05, 4.69) is 163 Å². The first kappa shape index (κ1) is 42.0. The SMILES string of the molecule is CC(C)(C)C1=CC(C)(C(C)(C)C)C(OC(C2C(C(C)(C)C)=CC(C(C)(C)C)=CC2(C)C(C)(C)C)C(CO)(CO)CO)C(C(C)(C)C)=C1. The maximum absolute atomic E-state index is 11.3. The molecular formula is C43H76O4. The van der Waals surface area contributed by atoms with Gasteiger partial charge in [-0.1, -0.05) is 168 Å². The fraction of sp³-hybridized carbons (Fsp3) is 0.814. The van der Waals surface area contributed by atoms with E-state index in [0.29, 0.717) is 0 Å². The molecule has 5 unspecified atom stereocenters. The second-order valence-electron chi connectivity index (χ2n) is 21.7. The minimum atomic E-state index is -1.30. The van der Waals surface area contributed by atoms with Gasteiger partial charge in [0.1, 0.15) is 0 Å². The fourth-order valence-electron chi connectivity index (χ4n) is 7.33. The van der Waals surface area contributed by atoms with Crippen molar-refractivity contribution >= 4 is 0 Å². The Morgan fingerprint density at radius 1 is 0.553 bits per heavy atom. The first-order valence-electron chi connectivity index (χ1n) is 18.1. The molecule has 0 fully saturated rings. The van der Waals surface area contributed by atoms with E-state index >= 15 is 0 Å². The van der Waals surface area contributed by atoms with Gasteiger partial charge in [-0.25, -0.2) is 0 Å². The van der Waals surface area contributed by atoms with Crippen molar-refractivity contribution in [2.45, 2.75) is 151 Å². The molecule has 2 aliphatic carbocycles. The summed E-state index contributed by atoms with van der Waals surface area (Å²) in [6.07, 6.45) is 8.52. The summed E-state index contributed by atoms with van der Waals surface area (Å²) in [5, 5.41) is 33.8.